The molecule has 0 N–H and O–H groups in total. The molecule has 3 nitrogen and oxygen atoms in total. The van der Waals surface area contributed by atoms with E-state index in [0.717, 1.165) is 35.2 Å². The van der Waals surface area contributed by atoms with Gasteiger partial charge in [0.05, 0.1) is 7.11 Å². The number of carbonyl (C=O) groups is 1. The van der Waals surface area contributed by atoms with Gasteiger partial charge in [-0.2, -0.15) is 0 Å². The van der Waals surface area contributed by atoms with Crippen LogP contribution in [0, 0.1) is 11.8 Å². The normalized spacial score (nSPS) is 21.9. The van der Waals surface area contributed by atoms with Gasteiger partial charge in [0.2, 0.25) is 0 Å². The van der Waals surface area contributed by atoms with Gasteiger partial charge < -0.3 is 9.64 Å². The zero-order valence-electron chi connectivity index (χ0n) is 13.5. The van der Waals surface area contributed by atoms with Crippen LogP contribution in [0.4, 0.5) is 0 Å². The summed E-state index contributed by atoms with van der Waals surface area (Å²) in [6.07, 6.45) is 1.20. The molecular weight excluding hydrogens is 274 g/mol. The Balaban J connectivity index is 2.01. The van der Waals surface area contributed by atoms with Gasteiger partial charge in [0, 0.05) is 24.0 Å². The van der Waals surface area contributed by atoms with Crippen molar-refractivity contribution < 1.29 is 9.53 Å². The smallest absolute Gasteiger partial charge is 0.254 e. The van der Waals surface area contributed by atoms with Crippen LogP contribution in [-0.4, -0.2) is 31.0 Å². The first-order valence-electron chi connectivity index (χ1n) is 7.95. The molecule has 0 aliphatic carbocycles. The molecule has 0 saturated carbocycles. The van der Waals surface area contributed by atoms with E-state index < -0.39 is 0 Å². The number of fused-ring (bicyclic) bond motifs is 1. The number of nitrogens with zero attached hydrogens (tertiary/aromatic N) is 1. The van der Waals surface area contributed by atoms with Gasteiger partial charge in [-0.25, -0.2) is 0 Å². The van der Waals surface area contributed by atoms with E-state index in [0.29, 0.717) is 11.8 Å². The fourth-order valence-corrected chi connectivity index (χ4v) is 3.64. The van der Waals surface area contributed by atoms with Crippen LogP contribution in [-0.2, 0) is 0 Å². The largest absolute Gasteiger partial charge is 0.496 e. The lowest BCUT2D eigenvalue weighted by Crippen LogP contribution is -2.42. The van der Waals surface area contributed by atoms with E-state index in [2.05, 4.69) is 13.8 Å². The predicted molar refractivity (Wildman–Crippen MR) is 89.3 cm³/mol. The molecule has 0 aromatic heterocycles. The van der Waals surface area contributed by atoms with Crippen LogP contribution < -0.4 is 4.74 Å². The molecule has 1 aliphatic heterocycles. The van der Waals surface area contributed by atoms with Crippen LogP contribution in [0.1, 0.15) is 30.6 Å². The monoisotopic (exact) mass is 297 g/mol. The number of methoxy groups -OCH3 is 1. The zero-order chi connectivity index (χ0) is 15.7. The highest BCUT2D eigenvalue weighted by molar-refractivity contribution is 6.08. The first kappa shape index (κ1) is 14.9. The van der Waals surface area contributed by atoms with Gasteiger partial charge in [-0.1, -0.05) is 38.1 Å². The summed E-state index contributed by atoms with van der Waals surface area (Å²) >= 11 is 0. The highest BCUT2D eigenvalue weighted by atomic mass is 16.5. The van der Waals surface area contributed by atoms with Crippen molar-refractivity contribution in [2.24, 2.45) is 11.8 Å². The van der Waals surface area contributed by atoms with Gasteiger partial charge in [-0.05, 0) is 35.8 Å². The molecule has 0 radical (unpaired) electrons. The van der Waals surface area contributed by atoms with Crippen molar-refractivity contribution in [1.82, 2.24) is 4.90 Å². The summed E-state index contributed by atoms with van der Waals surface area (Å²) in [5, 5.41) is 1.96. The van der Waals surface area contributed by atoms with Gasteiger partial charge in [-0.15, -0.1) is 0 Å². The number of benzene rings is 2. The molecule has 22 heavy (non-hydrogen) atoms. The van der Waals surface area contributed by atoms with E-state index in [1.54, 1.807) is 7.11 Å². The predicted octanol–water partition coefficient (Wildman–Crippen LogP) is 3.97. The van der Waals surface area contributed by atoms with Gasteiger partial charge in [-0.3, -0.25) is 4.79 Å². The van der Waals surface area contributed by atoms with Crippen molar-refractivity contribution in [1.29, 1.82) is 0 Å². The van der Waals surface area contributed by atoms with Crippen molar-refractivity contribution in [3.05, 3.63) is 42.0 Å². The summed E-state index contributed by atoms with van der Waals surface area (Å²) in [6.45, 7) is 6.15. The van der Waals surface area contributed by atoms with E-state index in [1.807, 2.05) is 41.3 Å². The van der Waals surface area contributed by atoms with Gasteiger partial charge in [0.25, 0.3) is 5.91 Å². The van der Waals surface area contributed by atoms with E-state index in [9.17, 15) is 4.79 Å². The quantitative estimate of drug-likeness (QED) is 0.839. The number of amides is 1. The number of likely N-dealkylation sites (tertiary alicyclic amines) is 1. The minimum absolute atomic E-state index is 0.136. The molecule has 3 rings (SSSR count). The molecule has 116 valence electrons. The Morgan fingerprint density at radius 2 is 1.68 bits per heavy atom. The second-order valence-electron chi connectivity index (χ2n) is 6.52. The lowest BCUT2D eigenvalue weighted by Gasteiger charge is -2.35. The number of carbonyl (C=O) groups excluding carboxylic acids is 1. The summed E-state index contributed by atoms with van der Waals surface area (Å²) in [5.74, 6) is 2.08. The summed E-state index contributed by atoms with van der Waals surface area (Å²) in [5.41, 5.74) is 0.776. The molecule has 1 aliphatic rings. The average Bonchev–Trinajstić information content (AvgIpc) is 2.52. The highest BCUT2D eigenvalue weighted by Gasteiger charge is 2.27. The summed E-state index contributed by atoms with van der Waals surface area (Å²) in [4.78, 5) is 15.0. The third kappa shape index (κ3) is 2.68. The van der Waals surface area contributed by atoms with Crippen molar-refractivity contribution in [3.63, 3.8) is 0 Å². The molecule has 3 heteroatoms. The number of rotatable bonds is 2. The molecule has 1 heterocycles. The first-order valence-corrected chi connectivity index (χ1v) is 7.95. The minimum Gasteiger partial charge on any atom is -0.496 e. The number of hydrogen-bond donors (Lipinski definition) is 0. The molecule has 0 bridgehead atoms. The second-order valence-corrected chi connectivity index (χ2v) is 6.52. The van der Waals surface area contributed by atoms with E-state index in [-0.39, 0.29) is 5.91 Å². The molecular formula is C19H23NO2. The topological polar surface area (TPSA) is 29.5 Å². The Labute approximate surface area is 131 Å². The Hall–Kier alpha value is -2.03. The maximum absolute atomic E-state index is 13.0. The fourth-order valence-electron chi connectivity index (χ4n) is 3.64. The number of hydrogen-bond acceptors (Lipinski definition) is 2. The standard InChI is InChI=1S/C19H23NO2/c1-13-10-14(2)12-20(11-13)19(21)17-8-9-18(22-3)16-7-5-4-6-15(16)17/h4-9,13-14H,10-12H2,1-3H3/t13-,14-/m1/s1. The molecule has 1 amide bonds. The third-order valence-corrected chi connectivity index (χ3v) is 4.49. The van der Waals surface area contributed by atoms with Crippen LogP contribution in [0.25, 0.3) is 10.8 Å². The summed E-state index contributed by atoms with van der Waals surface area (Å²) < 4.78 is 5.42. The van der Waals surface area contributed by atoms with Gasteiger partial charge >= 0.3 is 0 Å². The SMILES string of the molecule is COc1ccc(C(=O)N2C[C@H](C)C[C@@H](C)C2)c2ccccc12. The van der Waals surface area contributed by atoms with E-state index >= 15 is 0 Å². The molecule has 0 unspecified atom stereocenters. The third-order valence-electron chi connectivity index (χ3n) is 4.49. The summed E-state index contributed by atoms with van der Waals surface area (Å²) in [6, 6.07) is 11.7. The average molecular weight is 297 g/mol. The molecule has 2 aromatic rings. The van der Waals surface area contributed by atoms with E-state index in [1.165, 1.54) is 6.42 Å². The second kappa shape index (κ2) is 5.99. The molecule has 1 fully saturated rings. The Morgan fingerprint density at radius 1 is 1.05 bits per heavy atom. The van der Waals surface area contributed by atoms with E-state index in [4.69, 9.17) is 4.74 Å². The Kier molecular flexibility index (Phi) is 4.06. The maximum atomic E-state index is 13.0. The zero-order valence-corrected chi connectivity index (χ0v) is 13.5. The maximum Gasteiger partial charge on any atom is 0.254 e. The molecule has 2 aromatic carbocycles. The van der Waals surface area contributed by atoms with Gasteiger partial charge in [0.1, 0.15) is 5.75 Å². The summed E-state index contributed by atoms with van der Waals surface area (Å²) in [7, 11) is 1.66. The van der Waals surface area contributed by atoms with Crippen LogP contribution in [0.15, 0.2) is 36.4 Å². The van der Waals surface area contributed by atoms with Crippen LogP contribution >= 0.6 is 0 Å². The van der Waals surface area contributed by atoms with Crippen molar-refractivity contribution in [3.8, 4) is 5.75 Å². The lowest BCUT2D eigenvalue weighted by atomic mass is 9.91. The van der Waals surface area contributed by atoms with Crippen molar-refractivity contribution >= 4 is 16.7 Å². The van der Waals surface area contributed by atoms with Gasteiger partial charge in [0.15, 0.2) is 0 Å². The first-order chi connectivity index (χ1) is 10.6. The molecule has 2 atom stereocenters. The van der Waals surface area contributed by atoms with Crippen molar-refractivity contribution in [2.75, 3.05) is 20.2 Å². The van der Waals surface area contributed by atoms with Crippen molar-refractivity contribution in [2.45, 2.75) is 20.3 Å². The highest BCUT2D eigenvalue weighted by Crippen LogP contribution is 2.30. The lowest BCUT2D eigenvalue weighted by molar-refractivity contribution is 0.0625. The molecule has 1 saturated heterocycles. The number of ether oxygens (including phenoxy) is 1. The Morgan fingerprint density at radius 3 is 2.32 bits per heavy atom. The van der Waals surface area contributed by atoms with Crippen LogP contribution in [0.5, 0.6) is 5.75 Å². The fraction of sp³-hybridized carbons (Fsp3) is 0.421. The Bertz CT molecular complexity index is 685. The van der Waals surface area contributed by atoms with Crippen LogP contribution in [0.2, 0.25) is 0 Å². The van der Waals surface area contributed by atoms with Crippen LogP contribution in [0.3, 0.4) is 0 Å². The minimum atomic E-state index is 0.136. The number of piperidine rings is 1. The molecule has 0 spiro atoms.